The molecule has 2 unspecified atom stereocenters. The van der Waals surface area contributed by atoms with Crippen molar-refractivity contribution in [3.63, 3.8) is 0 Å². The summed E-state index contributed by atoms with van der Waals surface area (Å²) < 4.78 is 1.49. The van der Waals surface area contributed by atoms with Gasteiger partial charge < -0.3 is 10.1 Å². The van der Waals surface area contributed by atoms with E-state index in [1.54, 1.807) is 0 Å². The fraction of sp³-hybridized carbons (Fsp3) is 0.727. The Morgan fingerprint density at radius 3 is 2.68 bits per heavy atom. The van der Waals surface area contributed by atoms with Crippen molar-refractivity contribution in [1.29, 1.82) is 0 Å². The molecule has 1 aliphatic rings. The van der Waals surface area contributed by atoms with Gasteiger partial charge in [0.25, 0.3) is 0 Å². The fourth-order valence-electron chi connectivity index (χ4n) is 2.50. The van der Waals surface area contributed by atoms with Crippen LogP contribution >= 0.6 is 11.8 Å². The lowest BCUT2D eigenvalue weighted by Crippen LogP contribution is -2.54. The number of rotatable bonds is 4. The Hall–Kier alpha value is -1.44. The molecule has 106 valence electrons. The normalized spacial score (nSPS) is 23.6. The van der Waals surface area contributed by atoms with Crippen LogP contribution in [0.5, 0.6) is 0 Å². The summed E-state index contributed by atoms with van der Waals surface area (Å²) in [6.07, 6.45) is 3.18. The third-order valence-corrected chi connectivity index (χ3v) is 4.24. The van der Waals surface area contributed by atoms with Gasteiger partial charge in [0.1, 0.15) is 0 Å². The predicted molar refractivity (Wildman–Crippen MR) is 72.2 cm³/mol. The zero-order chi connectivity index (χ0) is 14.0. The van der Waals surface area contributed by atoms with E-state index in [0.717, 1.165) is 31.0 Å². The molecule has 7 nitrogen and oxygen atoms in total. The summed E-state index contributed by atoms with van der Waals surface area (Å²) in [5.41, 5.74) is -0.312. The van der Waals surface area contributed by atoms with Crippen molar-refractivity contribution in [2.45, 2.75) is 50.4 Å². The van der Waals surface area contributed by atoms with Crippen molar-refractivity contribution in [3.05, 3.63) is 10.5 Å². The number of aromatic nitrogens is 3. The average Bonchev–Trinajstić information content (AvgIpc) is 2.69. The summed E-state index contributed by atoms with van der Waals surface area (Å²) in [5, 5.41) is 17.5. The molecule has 19 heavy (non-hydrogen) atoms. The van der Waals surface area contributed by atoms with Gasteiger partial charge in [-0.1, -0.05) is 11.8 Å². The van der Waals surface area contributed by atoms with Gasteiger partial charge in [-0.05, 0) is 33.1 Å². The molecular weight excluding hydrogens is 268 g/mol. The maximum Gasteiger partial charge on any atom is 0.363 e. The van der Waals surface area contributed by atoms with E-state index < -0.39 is 5.97 Å². The molecule has 0 aliphatic carbocycles. The van der Waals surface area contributed by atoms with Crippen molar-refractivity contribution in [3.8, 4) is 0 Å². The Labute approximate surface area is 115 Å². The van der Waals surface area contributed by atoms with E-state index in [1.807, 2.05) is 5.01 Å². The lowest BCUT2D eigenvalue weighted by molar-refractivity contribution is -0.133. The Morgan fingerprint density at radius 1 is 1.47 bits per heavy atom. The summed E-state index contributed by atoms with van der Waals surface area (Å²) in [6.45, 7) is 4.14. The molecule has 1 aromatic rings. The summed E-state index contributed by atoms with van der Waals surface area (Å²) in [7, 11) is 0. The highest BCUT2D eigenvalue weighted by atomic mass is 32.2. The van der Waals surface area contributed by atoms with Gasteiger partial charge in [0.05, 0.1) is 5.75 Å². The molecule has 0 radical (unpaired) electrons. The van der Waals surface area contributed by atoms with Crippen LogP contribution in [-0.2, 0) is 4.79 Å². The summed E-state index contributed by atoms with van der Waals surface area (Å²) in [6, 6.07) is 0.478. The number of carboxylic acids is 1. The van der Waals surface area contributed by atoms with E-state index >= 15 is 0 Å². The van der Waals surface area contributed by atoms with Crippen molar-refractivity contribution in [2.75, 3.05) is 10.8 Å². The standard InChI is InChI=1S/C11H18N4O3S/c1-7-4-3-5-8(2)14(7)15-10(18)12-13-11(15)19-6-9(16)17/h7-8H,3-6H2,1-2H3,(H,12,18)(H,16,17). The molecular formula is C11H18N4O3S. The molecule has 1 saturated heterocycles. The monoisotopic (exact) mass is 286 g/mol. The van der Waals surface area contributed by atoms with E-state index in [4.69, 9.17) is 5.11 Å². The lowest BCUT2D eigenvalue weighted by Gasteiger charge is -2.40. The van der Waals surface area contributed by atoms with Crippen LogP contribution < -0.4 is 10.7 Å². The van der Waals surface area contributed by atoms with Crippen molar-refractivity contribution >= 4 is 17.7 Å². The number of piperidine rings is 1. The number of carbonyl (C=O) groups is 1. The SMILES string of the molecule is CC1CCCC(C)N1n1c(SCC(=O)O)n[nH]c1=O. The number of carboxylic acid groups (broad SMARTS) is 1. The first-order valence-corrected chi connectivity index (χ1v) is 7.30. The first-order valence-electron chi connectivity index (χ1n) is 6.31. The number of thioether (sulfide) groups is 1. The molecule has 2 rings (SSSR count). The first kappa shape index (κ1) is 14.0. The van der Waals surface area contributed by atoms with Gasteiger partial charge >= 0.3 is 11.7 Å². The molecule has 0 bridgehead atoms. The van der Waals surface area contributed by atoms with E-state index in [1.165, 1.54) is 4.68 Å². The third kappa shape index (κ3) is 2.94. The Morgan fingerprint density at radius 2 is 2.11 bits per heavy atom. The van der Waals surface area contributed by atoms with Crippen LogP contribution in [0.4, 0.5) is 0 Å². The summed E-state index contributed by atoms with van der Waals surface area (Å²) in [5.74, 6) is -1.03. The smallest absolute Gasteiger partial charge is 0.363 e. The topological polar surface area (TPSA) is 91.2 Å². The number of H-pyrrole nitrogens is 1. The minimum atomic E-state index is -0.924. The van der Waals surface area contributed by atoms with Crippen molar-refractivity contribution in [1.82, 2.24) is 14.9 Å². The molecule has 2 heterocycles. The maximum absolute atomic E-state index is 11.9. The highest BCUT2D eigenvalue weighted by Gasteiger charge is 2.28. The summed E-state index contributed by atoms with van der Waals surface area (Å²) >= 11 is 1.05. The third-order valence-electron chi connectivity index (χ3n) is 3.32. The van der Waals surface area contributed by atoms with Gasteiger partial charge in [0, 0.05) is 12.1 Å². The zero-order valence-corrected chi connectivity index (χ0v) is 11.8. The first-order chi connectivity index (χ1) is 9.00. The van der Waals surface area contributed by atoms with Gasteiger partial charge in [-0.2, -0.15) is 4.68 Å². The zero-order valence-electron chi connectivity index (χ0n) is 11.0. The van der Waals surface area contributed by atoms with Crippen LogP contribution in [0.3, 0.4) is 0 Å². The molecule has 0 amide bonds. The number of nitrogens with one attached hydrogen (secondary N) is 1. The minimum absolute atomic E-state index is 0.110. The van der Waals surface area contributed by atoms with Crippen LogP contribution in [0.25, 0.3) is 0 Å². The second-order valence-electron chi connectivity index (χ2n) is 4.81. The van der Waals surface area contributed by atoms with Gasteiger partial charge in [-0.25, -0.2) is 9.89 Å². The van der Waals surface area contributed by atoms with E-state index in [2.05, 4.69) is 24.0 Å². The summed E-state index contributed by atoms with van der Waals surface area (Å²) in [4.78, 5) is 22.6. The molecule has 0 aromatic carbocycles. The van der Waals surface area contributed by atoms with Crippen LogP contribution in [0.15, 0.2) is 9.95 Å². The Bertz CT molecular complexity index is 502. The van der Waals surface area contributed by atoms with Crippen molar-refractivity contribution in [2.24, 2.45) is 0 Å². The fourth-order valence-corrected chi connectivity index (χ4v) is 3.16. The van der Waals surface area contributed by atoms with Gasteiger partial charge in [-0.3, -0.25) is 4.79 Å². The highest BCUT2D eigenvalue weighted by molar-refractivity contribution is 7.99. The maximum atomic E-state index is 11.9. The Balaban J connectivity index is 2.29. The number of aromatic amines is 1. The lowest BCUT2D eigenvalue weighted by atomic mass is 10.00. The Kier molecular flexibility index (Phi) is 4.18. The van der Waals surface area contributed by atoms with E-state index in [9.17, 15) is 9.59 Å². The minimum Gasteiger partial charge on any atom is -0.481 e. The number of nitrogens with zero attached hydrogens (tertiary/aromatic N) is 3. The molecule has 0 spiro atoms. The molecule has 1 aliphatic heterocycles. The van der Waals surface area contributed by atoms with Crippen LogP contribution in [0, 0.1) is 0 Å². The van der Waals surface area contributed by atoms with Crippen molar-refractivity contribution < 1.29 is 9.90 Å². The van der Waals surface area contributed by atoms with E-state index in [0.29, 0.717) is 5.16 Å². The second-order valence-corrected chi connectivity index (χ2v) is 5.76. The van der Waals surface area contributed by atoms with Crippen LogP contribution in [-0.4, -0.2) is 43.8 Å². The van der Waals surface area contributed by atoms with Crippen LogP contribution in [0.1, 0.15) is 33.1 Å². The van der Waals surface area contributed by atoms with Crippen LogP contribution in [0.2, 0.25) is 0 Å². The second kappa shape index (κ2) is 5.68. The molecule has 2 atom stereocenters. The van der Waals surface area contributed by atoms with Gasteiger partial charge in [-0.15, -0.1) is 5.10 Å². The largest absolute Gasteiger partial charge is 0.481 e. The molecule has 1 fully saturated rings. The van der Waals surface area contributed by atoms with Gasteiger partial charge in [0.2, 0.25) is 5.16 Å². The van der Waals surface area contributed by atoms with Gasteiger partial charge in [0.15, 0.2) is 0 Å². The predicted octanol–water partition coefficient (Wildman–Crippen LogP) is 0.647. The molecule has 2 N–H and O–H groups in total. The number of hydrogen-bond acceptors (Lipinski definition) is 5. The number of aliphatic carboxylic acids is 1. The molecule has 0 saturated carbocycles. The highest BCUT2D eigenvalue weighted by Crippen LogP contribution is 2.23. The quantitative estimate of drug-likeness (QED) is 0.790. The molecule has 8 heteroatoms. The van der Waals surface area contributed by atoms with E-state index in [-0.39, 0.29) is 23.5 Å². The molecule has 1 aromatic heterocycles. The average molecular weight is 286 g/mol. The number of hydrogen-bond donors (Lipinski definition) is 2.